The van der Waals surface area contributed by atoms with E-state index in [1.54, 1.807) is 0 Å². The SMILES string of the molecule is Cc1cc(C)c(OCC(=O)N2CCC(C(=O)O)(C(F)(F)F)C2)c(C)c1. The number of nitrogens with zero attached hydrogens (tertiary/aromatic N) is 1. The highest BCUT2D eigenvalue weighted by atomic mass is 19.4. The lowest BCUT2D eigenvalue weighted by atomic mass is 9.86. The van der Waals surface area contributed by atoms with Gasteiger partial charge in [0.05, 0.1) is 0 Å². The number of rotatable bonds is 4. The third kappa shape index (κ3) is 3.57. The Bertz CT molecular complexity index is 679. The van der Waals surface area contributed by atoms with Gasteiger partial charge in [0.2, 0.25) is 0 Å². The average molecular weight is 359 g/mol. The number of carbonyl (C=O) groups is 2. The number of benzene rings is 1. The molecule has 0 aliphatic carbocycles. The standard InChI is InChI=1S/C17H20F3NO4/c1-10-6-11(2)14(12(3)7-10)25-8-13(22)21-5-4-16(9-21,15(23)24)17(18,19)20/h6-7H,4-5,8-9H2,1-3H3,(H,23,24). The predicted octanol–water partition coefficient (Wildman–Crippen LogP) is 2.86. The quantitative estimate of drug-likeness (QED) is 0.898. The maximum Gasteiger partial charge on any atom is 0.406 e. The van der Waals surface area contributed by atoms with E-state index < -0.39 is 43.0 Å². The molecule has 0 radical (unpaired) electrons. The third-order valence-electron chi connectivity index (χ3n) is 4.52. The first-order valence-electron chi connectivity index (χ1n) is 7.76. The smallest absolute Gasteiger partial charge is 0.406 e. The summed E-state index contributed by atoms with van der Waals surface area (Å²) in [5.74, 6) is -2.10. The number of carboxylic acids is 1. The number of hydrogen-bond donors (Lipinski definition) is 1. The molecular formula is C17H20F3NO4. The number of ether oxygens (including phenoxy) is 1. The highest BCUT2D eigenvalue weighted by Crippen LogP contribution is 2.45. The van der Waals surface area contributed by atoms with Gasteiger partial charge in [0.15, 0.2) is 12.0 Å². The fourth-order valence-electron chi connectivity index (χ4n) is 3.17. The summed E-state index contributed by atoms with van der Waals surface area (Å²) >= 11 is 0. The second kappa shape index (κ2) is 6.57. The molecule has 1 unspecified atom stereocenters. The summed E-state index contributed by atoms with van der Waals surface area (Å²) in [6.07, 6.45) is -5.57. The van der Waals surface area contributed by atoms with Crippen molar-refractivity contribution in [3.05, 3.63) is 28.8 Å². The molecule has 5 nitrogen and oxygen atoms in total. The van der Waals surface area contributed by atoms with Crippen molar-refractivity contribution in [2.75, 3.05) is 19.7 Å². The molecule has 1 fully saturated rings. The van der Waals surface area contributed by atoms with Crippen LogP contribution in [-0.4, -0.2) is 47.8 Å². The number of carbonyl (C=O) groups excluding carboxylic acids is 1. The molecule has 0 bridgehead atoms. The molecule has 1 aromatic rings. The van der Waals surface area contributed by atoms with Crippen molar-refractivity contribution in [3.8, 4) is 5.75 Å². The molecule has 1 aliphatic rings. The predicted molar refractivity (Wildman–Crippen MR) is 83.5 cm³/mol. The van der Waals surface area contributed by atoms with Crippen LogP contribution < -0.4 is 4.74 Å². The minimum Gasteiger partial charge on any atom is -0.483 e. The van der Waals surface area contributed by atoms with Crippen molar-refractivity contribution in [3.63, 3.8) is 0 Å². The number of likely N-dealkylation sites (tertiary alicyclic amines) is 1. The summed E-state index contributed by atoms with van der Waals surface area (Å²) in [5.41, 5.74) is -0.230. The zero-order valence-electron chi connectivity index (χ0n) is 14.2. The van der Waals surface area contributed by atoms with Gasteiger partial charge < -0.3 is 14.7 Å². The molecule has 1 aromatic carbocycles. The molecule has 1 aliphatic heterocycles. The van der Waals surface area contributed by atoms with E-state index in [1.807, 2.05) is 32.9 Å². The van der Waals surface area contributed by atoms with Crippen LogP contribution in [0.1, 0.15) is 23.1 Å². The average Bonchev–Trinajstić information content (AvgIpc) is 2.92. The second-order valence-corrected chi connectivity index (χ2v) is 6.47. The summed E-state index contributed by atoms with van der Waals surface area (Å²) in [6.45, 7) is 3.96. The van der Waals surface area contributed by atoms with Gasteiger partial charge in [-0.25, -0.2) is 0 Å². The fourth-order valence-corrected chi connectivity index (χ4v) is 3.17. The fraction of sp³-hybridized carbons (Fsp3) is 0.529. The van der Waals surface area contributed by atoms with Crippen LogP contribution in [0.2, 0.25) is 0 Å². The number of halogens is 3. The molecule has 138 valence electrons. The molecule has 0 saturated carbocycles. The Morgan fingerprint density at radius 3 is 2.24 bits per heavy atom. The van der Waals surface area contributed by atoms with Crippen molar-refractivity contribution >= 4 is 11.9 Å². The number of aliphatic carboxylic acids is 1. The lowest BCUT2D eigenvalue weighted by Gasteiger charge is -2.27. The van der Waals surface area contributed by atoms with E-state index in [0.717, 1.165) is 21.6 Å². The van der Waals surface area contributed by atoms with Gasteiger partial charge in [0.1, 0.15) is 5.75 Å². The summed E-state index contributed by atoms with van der Waals surface area (Å²) in [4.78, 5) is 24.2. The van der Waals surface area contributed by atoms with E-state index in [9.17, 15) is 22.8 Å². The normalized spacial score (nSPS) is 20.6. The van der Waals surface area contributed by atoms with Gasteiger partial charge in [-0.05, 0) is 38.3 Å². The topological polar surface area (TPSA) is 66.8 Å². The van der Waals surface area contributed by atoms with Crippen LogP contribution in [0, 0.1) is 26.2 Å². The van der Waals surface area contributed by atoms with Crippen LogP contribution in [0.15, 0.2) is 12.1 Å². The molecule has 1 saturated heterocycles. The lowest BCUT2D eigenvalue weighted by molar-refractivity contribution is -0.227. The Morgan fingerprint density at radius 1 is 1.24 bits per heavy atom. The van der Waals surface area contributed by atoms with Gasteiger partial charge in [0.25, 0.3) is 5.91 Å². The zero-order chi connectivity index (χ0) is 19.0. The first kappa shape index (κ1) is 19.1. The molecule has 2 rings (SSSR count). The molecule has 1 heterocycles. The Morgan fingerprint density at radius 2 is 1.80 bits per heavy atom. The monoisotopic (exact) mass is 359 g/mol. The van der Waals surface area contributed by atoms with Crippen molar-refractivity contribution < 1.29 is 32.6 Å². The summed E-state index contributed by atoms with van der Waals surface area (Å²) in [7, 11) is 0. The number of amides is 1. The Kier molecular flexibility index (Phi) is 5.02. The van der Waals surface area contributed by atoms with E-state index in [1.165, 1.54) is 0 Å². The summed E-state index contributed by atoms with van der Waals surface area (Å²) in [6, 6.07) is 3.75. The van der Waals surface area contributed by atoms with Crippen LogP contribution in [-0.2, 0) is 9.59 Å². The van der Waals surface area contributed by atoms with E-state index >= 15 is 0 Å². The number of hydrogen-bond acceptors (Lipinski definition) is 3. The van der Waals surface area contributed by atoms with Crippen LogP contribution in [0.4, 0.5) is 13.2 Å². The molecule has 1 N–H and O–H groups in total. The second-order valence-electron chi connectivity index (χ2n) is 6.47. The van der Waals surface area contributed by atoms with Crippen molar-refractivity contribution in [1.82, 2.24) is 4.90 Å². The van der Waals surface area contributed by atoms with Crippen molar-refractivity contribution in [2.24, 2.45) is 5.41 Å². The maximum absolute atomic E-state index is 13.1. The molecule has 1 amide bonds. The van der Waals surface area contributed by atoms with E-state index in [0.29, 0.717) is 5.75 Å². The molecule has 25 heavy (non-hydrogen) atoms. The van der Waals surface area contributed by atoms with Gasteiger partial charge >= 0.3 is 12.1 Å². The Hall–Kier alpha value is -2.25. The first-order valence-corrected chi connectivity index (χ1v) is 7.76. The van der Waals surface area contributed by atoms with Crippen molar-refractivity contribution in [1.29, 1.82) is 0 Å². The molecular weight excluding hydrogens is 339 g/mol. The molecule has 8 heteroatoms. The largest absolute Gasteiger partial charge is 0.483 e. The van der Waals surface area contributed by atoms with E-state index in [2.05, 4.69) is 0 Å². The third-order valence-corrected chi connectivity index (χ3v) is 4.52. The minimum atomic E-state index is -4.92. The van der Waals surface area contributed by atoms with E-state index in [-0.39, 0.29) is 6.54 Å². The molecule has 0 aromatic heterocycles. The van der Waals surface area contributed by atoms with Crippen LogP contribution in [0.5, 0.6) is 5.75 Å². The highest BCUT2D eigenvalue weighted by Gasteiger charge is 2.64. The summed E-state index contributed by atoms with van der Waals surface area (Å²) in [5, 5.41) is 9.02. The Labute approximate surface area is 143 Å². The number of carboxylic acid groups (broad SMARTS) is 1. The van der Waals surface area contributed by atoms with Crippen LogP contribution in [0.3, 0.4) is 0 Å². The van der Waals surface area contributed by atoms with Gasteiger partial charge in [-0.1, -0.05) is 17.7 Å². The molecule has 0 spiro atoms. The summed E-state index contributed by atoms with van der Waals surface area (Å²) < 4.78 is 44.9. The van der Waals surface area contributed by atoms with Crippen LogP contribution in [0.25, 0.3) is 0 Å². The van der Waals surface area contributed by atoms with Crippen LogP contribution >= 0.6 is 0 Å². The molecule has 1 atom stereocenters. The zero-order valence-corrected chi connectivity index (χ0v) is 14.2. The van der Waals surface area contributed by atoms with Gasteiger partial charge in [0, 0.05) is 13.1 Å². The van der Waals surface area contributed by atoms with Crippen molar-refractivity contribution in [2.45, 2.75) is 33.4 Å². The minimum absolute atomic E-state index is 0.264. The maximum atomic E-state index is 13.1. The van der Waals surface area contributed by atoms with Gasteiger partial charge in [-0.2, -0.15) is 13.2 Å². The Balaban J connectivity index is 2.07. The number of alkyl halides is 3. The highest BCUT2D eigenvalue weighted by molar-refractivity contribution is 5.82. The van der Waals surface area contributed by atoms with Gasteiger partial charge in [-0.3, -0.25) is 9.59 Å². The number of aryl methyl sites for hydroxylation is 3. The van der Waals surface area contributed by atoms with E-state index in [4.69, 9.17) is 9.84 Å². The van der Waals surface area contributed by atoms with Gasteiger partial charge in [-0.15, -0.1) is 0 Å². The first-order chi connectivity index (χ1) is 11.5. The lowest BCUT2D eigenvalue weighted by Crippen LogP contribution is -2.48.